The molecule has 1 N–H and O–H groups in total. The Morgan fingerprint density at radius 3 is 2.28 bits per heavy atom. The second kappa shape index (κ2) is 7.56. The van der Waals surface area contributed by atoms with Crippen LogP contribution < -0.4 is 18.9 Å². The van der Waals surface area contributed by atoms with Crippen LogP contribution in [-0.4, -0.2) is 29.2 Å². The van der Waals surface area contributed by atoms with Gasteiger partial charge < -0.3 is 14.2 Å². The van der Waals surface area contributed by atoms with Gasteiger partial charge in [0.15, 0.2) is 0 Å². The molecule has 2 aromatic rings. The van der Waals surface area contributed by atoms with Gasteiger partial charge in [0.2, 0.25) is 0 Å². The van der Waals surface area contributed by atoms with Crippen LogP contribution in [0, 0.1) is 6.92 Å². The van der Waals surface area contributed by atoms with Crippen molar-refractivity contribution in [2.75, 3.05) is 18.9 Å². The number of methoxy groups -OCH3 is 2. The molecule has 9 heteroatoms. The topological polar surface area (TPSA) is 73.9 Å². The monoisotopic (exact) mass is 373 g/mol. The number of hydrogen-bond acceptors (Lipinski definition) is 5. The maximum absolute atomic E-state index is 12.7. The summed E-state index contributed by atoms with van der Waals surface area (Å²) in [4.78, 5) is -0.196. The van der Waals surface area contributed by atoms with E-state index in [1.54, 1.807) is 6.92 Å². The molecule has 25 heavy (non-hydrogen) atoms. The van der Waals surface area contributed by atoms with Crippen LogP contribution in [0.25, 0.3) is 0 Å². The lowest BCUT2D eigenvalue weighted by molar-refractivity contribution is -0.0493. The Balaban J connectivity index is 2.48. The molecule has 0 aromatic heterocycles. The Labute approximate surface area is 144 Å². The van der Waals surface area contributed by atoms with Gasteiger partial charge in [-0.25, -0.2) is 8.42 Å². The SMILES string of the molecule is COc1ccc(OC)c(S(=O)(=O)Nc2cc(C)ccc2OC(F)F)c1. The van der Waals surface area contributed by atoms with Crippen LogP contribution in [0.4, 0.5) is 14.5 Å². The number of anilines is 1. The summed E-state index contributed by atoms with van der Waals surface area (Å²) in [5.41, 5.74) is 0.557. The number of rotatable bonds is 7. The molecule has 2 aromatic carbocycles. The van der Waals surface area contributed by atoms with E-state index in [9.17, 15) is 17.2 Å². The van der Waals surface area contributed by atoms with Crippen LogP contribution >= 0.6 is 0 Å². The molecule has 6 nitrogen and oxygen atoms in total. The van der Waals surface area contributed by atoms with Crippen molar-refractivity contribution < 1.29 is 31.4 Å². The molecule has 0 heterocycles. The molecule has 136 valence electrons. The Bertz CT molecular complexity index is 856. The predicted octanol–water partition coefficient (Wildman–Crippen LogP) is 3.41. The summed E-state index contributed by atoms with van der Waals surface area (Å²) in [5.74, 6) is 0.0952. The summed E-state index contributed by atoms with van der Waals surface area (Å²) in [6, 6.07) is 8.42. The second-order valence-corrected chi connectivity index (χ2v) is 6.65. The third-order valence-electron chi connectivity index (χ3n) is 3.26. The van der Waals surface area contributed by atoms with Gasteiger partial charge in [-0.2, -0.15) is 8.78 Å². The highest BCUT2D eigenvalue weighted by Gasteiger charge is 2.23. The molecule has 0 saturated heterocycles. The molecular weight excluding hydrogens is 356 g/mol. The van der Waals surface area contributed by atoms with Crippen molar-refractivity contribution >= 4 is 15.7 Å². The lowest BCUT2D eigenvalue weighted by atomic mass is 10.2. The summed E-state index contributed by atoms with van der Waals surface area (Å²) in [6.45, 7) is -1.40. The molecule has 0 radical (unpaired) electrons. The molecule has 0 spiro atoms. The van der Waals surface area contributed by atoms with Gasteiger partial charge in [0, 0.05) is 6.07 Å². The maximum Gasteiger partial charge on any atom is 0.387 e. The van der Waals surface area contributed by atoms with Crippen molar-refractivity contribution in [1.29, 1.82) is 0 Å². The molecule has 0 bridgehead atoms. The van der Waals surface area contributed by atoms with E-state index in [1.165, 1.54) is 50.6 Å². The molecule has 0 atom stereocenters. The van der Waals surface area contributed by atoms with E-state index in [0.717, 1.165) is 0 Å². The highest BCUT2D eigenvalue weighted by molar-refractivity contribution is 7.92. The van der Waals surface area contributed by atoms with Gasteiger partial charge in [-0.1, -0.05) is 6.07 Å². The first-order valence-corrected chi connectivity index (χ1v) is 8.55. The Morgan fingerprint density at radius 2 is 1.68 bits per heavy atom. The quantitative estimate of drug-likeness (QED) is 0.805. The normalized spacial score (nSPS) is 11.3. The maximum atomic E-state index is 12.7. The van der Waals surface area contributed by atoms with E-state index >= 15 is 0 Å². The average molecular weight is 373 g/mol. The predicted molar refractivity (Wildman–Crippen MR) is 88.2 cm³/mol. The summed E-state index contributed by atoms with van der Waals surface area (Å²) in [6.07, 6.45) is 0. The standard InChI is InChI=1S/C16H17F2NO5S/c1-10-4-6-13(24-16(17)18)12(8-10)19-25(20,21)15-9-11(22-2)5-7-14(15)23-3/h4-9,16,19H,1-3H3. The molecule has 0 aliphatic rings. The number of alkyl halides is 2. The average Bonchev–Trinajstić information content (AvgIpc) is 2.56. The van der Waals surface area contributed by atoms with Gasteiger partial charge in [0.25, 0.3) is 10.0 Å². The van der Waals surface area contributed by atoms with E-state index in [-0.39, 0.29) is 22.1 Å². The molecule has 0 amide bonds. The molecule has 0 unspecified atom stereocenters. The Morgan fingerprint density at radius 1 is 1.00 bits per heavy atom. The Kier molecular flexibility index (Phi) is 5.68. The summed E-state index contributed by atoms with van der Waals surface area (Å²) < 4.78 is 67.2. The van der Waals surface area contributed by atoms with E-state index in [4.69, 9.17) is 9.47 Å². The van der Waals surface area contributed by atoms with Crippen molar-refractivity contribution in [2.45, 2.75) is 18.4 Å². The fraction of sp³-hybridized carbons (Fsp3) is 0.250. The molecule has 0 aliphatic carbocycles. The van der Waals surface area contributed by atoms with Crippen molar-refractivity contribution in [3.8, 4) is 17.2 Å². The number of hydrogen-bond donors (Lipinski definition) is 1. The zero-order valence-corrected chi connectivity index (χ0v) is 14.6. The molecule has 2 rings (SSSR count). The highest BCUT2D eigenvalue weighted by Crippen LogP contribution is 2.33. The number of sulfonamides is 1. The van der Waals surface area contributed by atoms with Gasteiger partial charge in [-0.3, -0.25) is 4.72 Å². The van der Waals surface area contributed by atoms with Gasteiger partial charge in [0.05, 0.1) is 19.9 Å². The molecule has 0 saturated carbocycles. The number of aryl methyl sites for hydroxylation is 1. The van der Waals surface area contributed by atoms with Gasteiger partial charge in [-0.05, 0) is 36.8 Å². The van der Waals surface area contributed by atoms with Crippen LogP contribution in [0.15, 0.2) is 41.3 Å². The number of nitrogens with one attached hydrogen (secondary N) is 1. The lowest BCUT2D eigenvalue weighted by Crippen LogP contribution is -2.16. The fourth-order valence-corrected chi connectivity index (χ4v) is 3.36. The van der Waals surface area contributed by atoms with Crippen LogP contribution in [0.1, 0.15) is 5.56 Å². The van der Waals surface area contributed by atoms with Gasteiger partial charge in [0.1, 0.15) is 22.1 Å². The lowest BCUT2D eigenvalue weighted by Gasteiger charge is -2.16. The molecular formula is C16H17F2NO5S. The third-order valence-corrected chi connectivity index (χ3v) is 4.64. The van der Waals surface area contributed by atoms with Crippen molar-refractivity contribution in [3.05, 3.63) is 42.0 Å². The molecule has 0 aliphatic heterocycles. The summed E-state index contributed by atoms with van der Waals surface area (Å²) >= 11 is 0. The van der Waals surface area contributed by atoms with Gasteiger partial charge in [-0.15, -0.1) is 0 Å². The van der Waals surface area contributed by atoms with Crippen LogP contribution in [-0.2, 0) is 10.0 Å². The first-order valence-electron chi connectivity index (χ1n) is 7.07. The minimum atomic E-state index is -4.14. The third kappa shape index (κ3) is 4.50. The Hall–Kier alpha value is -2.55. The summed E-state index contributed by atoms with van der Waals surface area (Å²) in [7, 11) is -1.44. The van der Waals surface area contributed by atoms with Crippen LogP contribution in [0.5, 0.6) is 17.2 Å². The zero-order valence-electron chi connectivity index (χ0n) is 13.7. The molecule has 0 fully saturated rings. The van der Waals surface area contributed by atoms with Crippen molar-refractivity contribution in [2.24, 2.45) is 0 Å². The number of halogens is 2. The van der Waals surface area contributed by atoms with E-state index < -0.39 is 16.6 Å². The number of benzene rings is 2. The van der Waals surface area contributed by atoms with Crippen LogP contribution in [0.2, 0.25) is 0 Å². The second-order valence-electron chi connectivity index (χ2n) is 5.00. The van der Waals surface area contributed by atoms with Crippen molar-refractivity contribution in [3.63, 3.8) is 0 Å². The first kappa shape index (κ1) is 18.8. The van der Waals surface area contributed by atoms with E-state index in [1.807, 2.05) is 0 Å². The smallest absolute Gasteiger partial charge is 0.387 e. The largest absolute Gasteiger partial charge is 0.497 e. The minimum Gasteiger partial charge on any atom is -0.497 e. The van der Waals surface area contributed by atoms with Crippen molar-refractivity contribution in [1.82, 2.24) is 0 Å². The highest BCUT2D eigenvalue weighted by atomic mass is 32.2. The van der Waals surface area contributed by atoms with Crippen LogP contribution in [0.3, 0.4) is 0 Å². The van der Waals surface area contributed by atoms with Gasteiger partial charge >= 0.3 is 6.61 Å². The first-order chi connectivity index (χ1) is 11.8. The zero-order chi connectivity index (χ0) is 18.6. The minimum absolute atomic E-state index is 0.0808. The van der Waals surface area contributed by atoms with E-state index in [2.05, 4.69) is 9.46 Å². The number of ether oxygens (including phenoxy) is 3. The fourth-order valence-electron chi connectivity index (χ4n) is 2.12. The van der Waals surface area contributed by atoms with E-state index in [0.29, 0.717) is 11.3 Å². The summed E-state index contributed by atoms with van der Waals surface area (Å²) in [5, 5.41) is 0.